The van der Waals surface area contributed by atoms with Gasteiger partial charge in [0.15, 0.2) is 11.6 Å². The quantitative estimate of drug-likeness (QED) is 0.288. The first-order valence-electron chi connectivity index (χ1n) is 7.80. The fourth-order valence-electron chi connectivity index (χ4n) is 2.32. The van der Waals surface area contributed by atoms with E-state index in [1.165, 1.54) is 6.20 Å². The number of aromatic nitrogens is 4. The number of anilines is 2. The zero-order valence-electron chi connectivity index (χ0n) is 13.8. The van der Waals surface area contributed by atoms with Gasteiger partial charge < -0.3 is 26.2 Å². The van der Waals surface area contributed by atoms with Crippen LogP contribution in [0.25, 0.3) is 11.2 Å². The van der Waals surface area contributed by atoms with E-state index in [0.717, 1.165) is 17.4 Å². The third-order valence-electron chi connectivity index (χ3n) is 3.60. The van der Waals surface area contributed by atoms with E-state index < -0.39 is 0 Å². The van der Waals surface area contributed by atoms with Gasteiger partial charge in [0, 0.05) is 43.1 Å². The molecule has 0 saturated heterocycles. The van der Waals surface area contributed by atoms with Crippen LogP contribution in [0.3, 0.4) is 0 Å². The molecule has 3 rings (SSSR count). The number of hydrogen-bond acceptors (Lipinski definition) is 8. The van der Waals surface area contributed by atoms with Gasteiger partial charge in [-0.25, -0.2) is 15.0 Å². The molecule has 9 heteroatoms. The maximum atomic E-state index is 8.57. The Kier molecular flexibility index (Phi) is 5.05. The third kappa shape index (κ3) is 3.76. The van der Waals surface area contributed by atoms with Gasteiger partial charge in [0.25, 0.3) is 0 Å². The van der Waals surface area contributed by atoms with Crippen molar-refractivity contribution in [1.29, 1.82) is 10.7 Å². The van der Waals surface area contributed by atoms with Crippen LogP contribution in [0.1, 0.15) is 11.3 Å². The van der Waals surface area contributed by atoms with Crippen LogP contribution < -0.4 is 16.4 Å². The van der Waals surface area contributed by atoms with Crippen LogP contribution >= 0.6 is 0 Å². The summed E-state index contributed by atoms with van der Waals surface area (Å²) in [4.78, 5) is 12.8. The molecule has 3 aromatic heterocycles. The van der Waals surface area contributed by atoms with Gasteiger partial charge in [-0.1, -0.05) is 6.07 Å². The first kappa shape index (κ1) is 16.9. The van der Waals surface area contributed by atoms with E-state index in [1.54, 1.807) is 12.4 Å². The predicted octanol–water partition coefficient (Wildman–Crippen LogP) is 1.42. The van der Waals surface area contributed by atoms with Crippen LogP contribution in [-0.4, -0.2) is 32.1 Å². The van der Waals surface area contributed by atoms with Crippen LogP contribution in [-0.2, 0) is 6.54 Å². The summed E-state index contributed by atoms with van der Waals surface area (Å²) in [5, 5.41) is 22.0. The molecular weight excluding hydrogens is 330 g/mol. The molecule has 3 heterocycles. The van der Waals surface area contributed by atoms with Crippen molar-refractivity contribution in [2.24, 2.45) is 0 Å². The minimum absolute atomic E-state index is 0.140. The topological polar surface area (TPSA) is 141 Å². The number of fused-ring (bicyclic) bond motifs is 1. The number of nitrogens with two attached hydrogens (primary N) is 1. The van der Waals surface area contributed by atoms with Gasteiger partial charge in [-0.15, -0.1) is 0 Å². The van der Waals surface area contributed by atoms with Gasteiger partial charge in [-0.05, 0) is 11.6 Å². The summed E-state index contributed by atoms with van der Waals surface area (Å²) in [6, 6.07) is 5.86. The number of imidazole rings is 1. The summed E-state index contributed by atoms with van der Waals surface area (Å²) < 4.78 is 1.93. The lowest BCUT2D eigenvalue weighted by Gasteiger charge is -2.10. The second-order valence-corrected chi connectivity index (χ2v) is 5.36. The average Bonchev–Trinajstić information content (AvgIpc) is 3.13. The van der Waals surface area contributed by atoms with Crippen molar-refractivity contribution in [3.05, 3.63) is 54.4 Å². The molecule has 0 fully saturated rings. The second-order valence-electron chi connectivity index (χ2n) is 5.36. The first-order chi connectivity index (χ1) is 12.7. The normalized spacial score (nSPS) is 11.1. The van der Waals surface area contributed by atoms with Gasteiger partial charge >= 0.3 is 0 Å². The molecule has 0 aliphatic heterocycles. The number of pyridine rings is 1. The Labute approximate surface area is 149 Å². The van der Waals surface area contributed by atoms with Crippen molar-refractivity contribution < 1.29 is 0 Å². The molecule has 0 aromatic carbocycles. The fourth-order valence-corrected chi connectivity index (χ4v) is 2.32. The lowest BCUT2D eigenvalue weighted by Crippen LogP contribution is -2.10. The van der Waals surface area contributed by atoms with E-state index >= 15 is 0 Å². The Morgan fingerprint density at radius 2 is 2.27 bits per heavy atom. The van der Waals surface area contributed by atoms with Crippen molar-refractivity contribution in [2.75, 3.05) is 17.6 Å². The summed E-state index contributed by atoms with van der Waals surface area (Å²) >= 11 is 0. The van der Waals surface area contributed by atoms with E-state index in [0.29, 0.717) is 23.6 Å². The summed E-state index contributed by atoms with van der Waals surface area (Å²) in [5.74, 6) is 0.702. The lowest BCUT2D eigenvalue weighted by molar-refractivity contribution is 0.994. The molecule has 0 spiro atoms. The molecule has 0 aliphatic rings. The minimum Gasteiger partial charge on any atom is -0.381 e. The van der Waals surface area contributed by atoms with E-state index in [9.17, 15) is 0 Å². The number of rotatable bonds is 7. The zero-order chi connectivity index (χ0) is 18.4. The Morgan fingerprint density at radius 1 is 1.38 bits per heavy atom. The molecule has 0 radical (unpaired) electrons. The highest BCUT2D eigenvalue weighted by molar-refractivity contribution is 6.07. The predicted molar refractivity (Wildman–Crippen MR) is 99.3 cm³/mol. The van der Waals surface area contributed by atoms with Crippen molar-refractivity contribution in [1.82, 2.24) is 24.7 Å². The SMILES string of the molecule is N#CCN/C=C(\C=N)c1cnc(N)c(NCc2ccc3nccn3c2)n1. The van der Waals surface area contributed by atoms with Gasteiger partial charge in [-0.2, -0.15) is 5.26 Å². The third-order valence-corrected chi connectivity index (χ3v) is 3.60. The molecule has 5 N–H and O–H groups in total. The Morgan fingerprint density at radius 3 is 3.08 bits per heavy atom. The monoisotopic (exact) mass is 347 g/mol. The first-order valence-corrected chi connectivity index (χ1v) is 7.80. The lowest BCUT2D eigenvalue weighted by atomic mass is 10.2. The van der Waals surface area contributed by atoms with Gasteiger partial charge in [0.2, 0.25) is 0 Å². The number of nitriles is 1. The molecule has 0 amide bonds. The van der Waals surface area contributed by atoms with Crippen LogP contribution in [0.2, 0.25) is 0 Å². The Hall–Kier alpha value is -3.93. The molecule has 0 atom stereocenters. The van der Waals surface area contributed by atoms with E-state index in [1.807, 2.05) is 35.0 Å². The van der Waals surface area contributed by atoms with Crippen LogP contribution in [0, 0.1) is 16.7 Å². The average molecular weight is 347 g/mol. The molecular formula is C17H17N9. The van der Waals surface area contributed by atoms with Crippen molar-refractivity contribution >= 4 is 29.1 Å². The van der Waals surface area contributed by atoms with Crippen molar-refractivity contribution in [3.63, 3.8) is 0 Å². The Balaban J connectivity index is 1.77. The number of nitrogen functional groups attached to an aromatic ring is 1. The maximum Gasteiger partial charge on any atom is 0.169 e. The fraction of sp³-hybridized carbons (Fsp3) is 0.118. The smallest absolute Gasteiger partial charge is 0.169 e. The molecule has 9 nitrogen and oxygen atoms in total. The largest absolute Gasteiger partial charge is 0.381 e. The summed E-state index contributed by atoms with van der Waals surface area (Å²) in [6.45, 7) is 0.647. The second kappa shape index (κ2) is 7.76. The molecule has 0 aliphatic carbocycles. The van der Waals surface area contributed by atoms with Gasteiger partial charge in [0.1, 0.15) is 12.2 Å². The molecule has 0 saturated carbocycles. The maximum absolute atomic E-state index is 8.57. The highest BCUT2D eigenvalue weighted by Crippen LogP contribution is 2.17. The minimum atomic E-state index is 0.140. The summed E-state index contributed by atoms with van der Waals surface area (Å²) in [6.07, 6.45) is 9.77. The number of allylic oxidation sites excluding steroid dienone is 1. The number of nitrogens with zero attached hydrogens (tertiary/aromatic N) is 5. The molecule has 130 valence electrons. The highest BCUT2D eigenvalue weighted by atomic mass is 15.1. The molecule has 0 unspecified atom stereocenters. The van der Waals surface area contributed by atoms with Gasteiger partial charge in [0.05, 0.1) is 18.0 Å². The molecule has 26 heavy (non-hydrogen) atoms. The zero-order valence-corrected chi connectivity index (χ0v) is 13.8. The van der Waals surface area contributed by atoms with Gasteiger partial charge in [-0.3, -0.25) is 0 Å². The Bertz CT molecular complexity index is 997. The van der Waals surface area contributed by atoms with Crippen LogP contribution in [0.5, 0.6) is 0 Å². The molecule has 0 bridgehead atoms. The van der Waals surface area contributed by atoms with Crippen LogP contribution in [0.15, 0.2) is 43.1 Å². The van der Waals surface area contributed by atoms with Crippen molar-refractivity contribution in [3.8, 4) is 6.07 Å². The van der Waals surface area contributed by atoms with Crippen molar-refractivity contribution in [2.45, 2.75) is 6.54 Å². The highest BCUT2D eigenvalue weighted by Gasteiger charge is 2.08. The standard InChI is InChI=1S/C17H17N9/c18-3-4-21-9-13(7-19)14-10-23-16(20)17(25-14)24-8-12-1-2-15-22-5-6-26(15)11-12/h1-2,5-7,9-11,19,21H,4,8H2,(H2,20,23)(H,24,25)/b13-9+,19-7?. The van der Waals surface area contributed by atoms with E-state index in [2.05, 4.69) is 25.6 Å². The number of nitrogens with one attached hydrogen (secondary N) is 3. The molecule has 3 aromatic rings. The summed E-state index contributed by atoms with van der Waals surface area (Å²) in [5.41, 5.74) is 8.78. The van der Waals surface area contributed by atoms with Crippen LogP contribution in [0.4, 0.5) is 11.6 Å². The number of hydrogen-bond donors (Lipinski definition) is 4. The van der Waals surface area contributed by atoms with E-state index in [4.69, 9.17) is 16.4 Å². The van der Waals surface area contributed by atoms with E-state index in [-0.39, 0.29) is 12.4 Å². The summed E-state index contributed by atoms with van der Waals surface area (Å²) in [7, 11) is 0.